The van der Waals surface area contributed by atoms with Crippen molar-refractivity contribution in [3.8, 4) is 5.75 Å². The summed E-state index contributed by atoms with van der Waals surface area (Å²) >= 11 is 0. The minimum absolute atomic E-state index is 0.0472. The standard InChI is InChI=1S/C15H17F3N4O2/c1-21-14(15(16,17)18)11(19-20-21)7-22-8-12(23)13(9-22)24-10-5-3-2-4-6-10/h2-6,12-13,23H,7-9H2,1H3/t12-,13-/m1/s1. The molecule has 2 atom stereocenters. The zero-order valence-corrected chi connectivity index (χ0v) is 12.9. The number of aliphatic hydroxyl groups excluding tert-OH is 1. The molecule has 1 aromatic carbocycles. The third kappa shape index (κ3) is 3.51. The Morgan fingerprint density at radius 3 is 2.62 bits per heavy atom. The van der Waals surface area contributed by atoms with Crippen LogP contribution in [-0.4, -0.2) is 50.3 Å². The normalized spacial score (nSPS) is 22.0. The van der Waals surface area contributed by atoms with Crippen molar-refractivity contribution in [3.63, 3.8) is 0 Å². The van der Waals surface area contributed by atoms with Crippen LogP contribution in [0.2, 0.25) is 0 Å². The lowest BCUT2D eigenvalue weighted by molar-refractivity contribution is -0.144. The fourth-order valence-electron chi connectivity index (χ4n) is 2.82. The fourth-order valence-corrected chi connectivity index (χ4v) is 2.82. The maximum atomic E-state index is 13.1. The van der Waals surface area contributed by atoms with Crippen LogP contribution in [0.3, 0.4) is 0 Å². The quantitative estimate of drug-likeness (QED) is 0.911. The van der Waals surface area contributed by atoms with Gasteiger partial charge in [-0.05, 0) is 12.1 Å². The van der Waals surface area contributed by atoms with Crippen molar-refractivity contribution in [3.05, 3.63) is 41.7 Å². The zero-order valence-electron chi connectivity index (χ0n) is 12.9. The highest BCUT2D eigenvalue weighted by Crippen LogP contribution is 2.31. The van der Waals surface area contributed by atoms with Gasteiger partial charge in [0, 0.05) is 26.7 Å². The van der Waals surface area contributed by atoms with E-state index in [0.29, 0.717) is 12.3 Å². The minimum Gasteiger partial charge on any atom is -0.486 e. The molecule has 0 saturated carbocycles. The number of halogens is 3. The number of likely N-dealkylation sites (tertiary alicyclic amines) is 1. The molecule has 1 fully saturated rings. The number of para-hydroxylation sites is 1. The molecule has 1 aromatic heterocycles. The van der Waals surface area contributed by atoms with E-state index in [9.17, 15) is 18.3 Å². The van der Waals surface area contributed by atoms with E-state index in [1.807, 2.05) is 18.2 Å². The number of nitrogens with zero attached hydrogens (tertiary/aromatic N) is 4. The lowest BCUT2D eigenvalue weighted by atomic mass is 10.2. The first-order chi connectivity index (χ1) is 11.3. The van der Waals surface area contributed by atoms with Gasteiger partial charge in [0.15, 0.2) is 5.69 Å². The number of aryl methyl sites for hydroxylation is 1. The van der Waals surface area contributed by atoms with Gasteiger partial charge in [0.2, 0.25) is 0 Å². The SMILES string of the molecule is Cn1nnc(CN2C[C@@H](O)[C@H](Oc3ccccc3)C2)c1C(F)(F)F. The van der Waals surface area contributed by atoms with Crippen LogP contribution in [0, 0.1) is 0 Å². The molecule has 9 heteroatoms. The summed E-state index contributed by atoms with van der Waals surface area (Å²) in [5.74, 6) is 0.610. The second-order valence-corrected chi connectivity index (χ2v) is 5.74. The predicted molar refractivity (Wildman–Crippen MR) is 78.1 cm³/mol. The number of rotatable bonds is 4. The third-order valence-corrected chi connectivity index (χ3v) is 3.88. The van der Waals surface area contributed by atoms with Gasteiger partial charge in [-0.15, -0.1) is 5.10 Å². The van der Waals surface area contributed by atoms with Gasteiger partial charge in [0.25, 0.3) is 0 Å². The number of ether oxygens (including phenoxy) is 1. The van der Waals surface area contributed by atoms with E-state index in [0.717, 1.165) is 4.68 Å². The lowest BCUT2D eigenvalue weighted by Crippen LogP contribution is -2.29. The van der Waals surface area contributed by atoms with Crippen LogP contribution < -0.4 is 4.74 Å². The number of hydrogen-bond donors (Lipinski definition) is 1. The summed E-state index contributed by atoms with van der Waals surface area (Å²) < 4.78 is 45.6. The second-order valence-electron chi connectivity index (χ2n) is 5.74. The van der Waals surface area contributed by atoms with Crippen LogP contribution in [0.4, 0.5) is 13.2 Å². The molecule has 1 aliphatic rings. The minimum atomic E-state index is -4.52. The average Bonchev–Trinajstić information content (AvgIpc) is 3.03. The highest BCUT2D eigenvalue weighted by Gasteiger charge is 2.40. The Kier molecular flexibility index (Phi) is 4.46. The molecular formula is C15H17F3N4O2. The van der Waals surface area contributed by atoms with Gasteiger partial charge in [-0.2, -0.15) is 13.2 Å². The molecule has 2 aromatic rings. The molecule has 1 aliphatic heterocycles. The van der Waals surface area contributed by atoms with Gasteiger partial charge < -0.3 is 9.84 Å². The van der Waals surface area contributed by atoms with E-state index in [4.69, 9.17) is 4.74 Å². The first-order valence-corrected chi connectivity index (χ1v) is 7.42. The van der Waals surface area contributed by atoms with Crippen LogP contribution in [-0.2, 0) is 19.8 Å². The van der Waals surface area contributed by atoms with Crippen LogP contribution in [0.15, 0.2) is 30.3 Å². The summed E-state index contributed by atoms with van der Waals surface area (Å²) in [6, 6.07) is 8.99. The van der Waals surface area contributed by atoms with E-state index in [-0.39, 0.29) is 18.8 Å². The highest BCUT2D eigenvalue weighted by molar-refractivity contribution is 5.22. The molecule has 6 nitrogen and oxygen atoms in total. The van der Waals surface area contributed by atoms with E-state index in [1.165, 1.54) is 7.05 Å². The molecular weight excluding hydrogens is 325 g/mol. The molecule has 3 rings (SSSR count). The van der Waals surface area contributed by atoms with Gasteiger partial charge in [0.05, 0.1) is 0 Å². The number of aliphatic hydroxyl groups is 1. The van der Waals surface area contributed by atoms with E-state index < -0.39 is 24.1 Å². The smallest absolute Gasteiger partial charge is 0.434 e. The Balaban J connectivity index is 1.68. The molecule has 0 bridgehead atoms. The number of β-amino-alcohol motifs (C(OH)–C–C–N with tert-alkyl or cyclic N) is 1. The van der Waals surface area contributed by atoms with Crippen molar-refractivity contribution >= 4 is 0 Å². The van der Waals surface area contributed by atoms with Gasteiger partial charge in [0.1, 0.15) is 23.7 Å². The molecule has 1 saturated heterocycles. The molecule has 2 heterocycles. The first-order valence-electron chi connectivity index (χ1n) is 7.42. The summed E-state index contributed by atoms with van der Waals surface area (Å²) in [4.78, 5) is 1.68. The van der Waals surface area contributed by atoms with Gasteiger partial charge in [-0.3, -0.25) is 4.90 Å². The largest absolute Gasteiger partial charge is 0.486 e. The predicted octanol–water partition coefficient (Wildman–Crippen LogP) is 1.46. The van der Waals surface area contributed by atoms with Crippen molar-refractivity contribution < 1.29 is 23.0 Å². The van der Waals surface area contributed by atoms with Crippen LogP contribution in [0.5, 0.6) is 5.75 Å². The summed E-state index contributed by atoms with van der Waals surface area (Å²) in [6.07, 6.45) is -5.80. The molecule has 0 aliphatic carbocycles. The Hall–Kier alpha value is -2.13. The molecule has 1 N–H and O–H groups in total. The topological polar surface area (TPSA) is 63.4 Å². The molecule has 0 radical (unpaired) electrons. The molecule has 130 valence electrons. The summed E-state index contributed by atoms with van der Waals surface area (Å²) in [5, 5.41) is 17.2. The van der Waals surface area contributed by atoms with Crippen LogP contribution >= 0.6 is 0 Å². The van der Waals surface area contributed by atoms with Crippen molar-refractivity contribution in [2.24, 2.45) is 7.05 Å². The third-order valence-electron chi connectivity index (χ3n) is 3.88. The Morgan fingerprint density at radius 2 is 1.96 bits per heavy atom. The number of hydrogen-bond acceptors (Lipinski definition) is 5. The Bertz CT molecular complexity index is 690. The van der Waals surface area contributed by atoms with Crippen LogP contribution in [0.1, 0.15) is 11.4 Å². The van der Waals surface area contributed by atoms with E-state index in [1.54, 1.807) is 17.0 Å². The van der Waals surface area contributed by atoms with Crippen LogP contribution in [0.25, 0.3) is 0 Å². The highest BCUT2D eigenvalue weighted by atomic mass is 19.4. The van der Waals surface area contributed by atoms with Crippen molar-refractivity contribution in [1.29, 1.82) is 0 Å². The maximum absolute atomic E-state index is 13.1. The summed E-state index contributed by atoms with van der Waals surface area (Å²) in [6.45, 7) is 0.476. The number of alkyl halides is 3. The molecule has 0 unspecified atom stereocenters. The van der Waals surface area contributed by atoms with Gasteiger partial charge >= 0.3 is 6.18 Å². The monoisotopic (exact) mass is 342 g/mol. The second kappa shape index (κ2) is 6.40. The molecule has 0 spiro atoms. The van der Waals surface area contributed by atoms with Gasteiger partial charge in [-0.1, -0.05) is 23.4 Å². The fraction of sp³-hybridized carbons (Fsp3) is 0.467. The summed E-state index contributed by atoms with van der Waals surface area (Å²) in [5.41, 5.74) is -1.03. The Morgan fingerprint density at radius 1 is 1.25 bits per heavy atom. The van der Waals surface area contributed by atoms with E-state index >= 15 is 0 Å². The van der Waals surface area contributed by atoms with Crippen molar-refractivity contribution in [2.45, 2.75) is 24.9 Å². The number of aromatic nitrogens is 3. The molecule has 24 heavy (non-hydrogen) atoms. The van der Waals surface area contributed by atoms with Crippen molar-refractivity contribution in [1.82, 2.24) is 19.9 Å². The van der Waals surface area contributed by atoms with Crippen molar-refractivity contribution in [2.75, 3.05) is 13.1 Å². The lowest BCUT2D eigenvalue weighted by Gasteiger charge is -2.17. The first kappa shape index (κ1) is 16.7. The Labute approximate surface area is 136 Å². The van der Waals surface area contributed by atoms with Gasteiger partial charge in [-0.25, -0.2) is 4.68 Å². The number of benzene rings is 1. The average molecular weight is 342 g/mol. The zero-order chi connectivity index (χ0) is 17.3. The summed E-state index contributed by atoms with van der Waals surface area (Å²) in [7, 11) is 1.21. The molecule has 0 amide bonds. The maximum Gasteiger partial charge on any atom is 0.434 e. The van der Waals surface area contributed by atoms with E-state index in [2.05, 4.69) is 10.3 Å².